The molecule has 0 aliphatic rings. The fourth-order valence-electron chi connectivity index (χ4n) is 1.35. The minimum atomic E-state index is -0.389. The number of ether oxygens (including phenoxy) is 1. The molecule has 2 aromatic rings. The lowest BCUT2D eigenvalue weighted by Gasteiger charge is -2.09. The lowest BCUT2D eigenvalue weighted by Crippen LogP contribution is -2.03. The van der Waals surface area contributed by atoms with Crippen LogP contribution in [0.15, 0.2) is 36.7 Å². The van der Waals surface area contributed by atoms with Gasteiger partial charge in [0.1, 0.15) is 18.2 Å². The van der Waals surface area contributed by atoms with Gasteiger partial charge in [-0.25, -0.2) is 4.39 Å². The zero-order valence-corrected chi connectivity index (χ0v) is 9.62. The van der Waals surface area contributed by atoms with E-state index in [2.05, 4.69) is 4.98 Å². The summed E-state index contributed by atoms with van der Waals surface area (Å²) in [4.78, 5) is 3.86. The van der Waals surface area contributed by atoms with E-state index in [1.54, 1.807) is 18.2 Å². The fraction of sp³-hybridized carbons (Fsp3) is 0.0833. The topological polar surface area (TPSA) is 48.1 Å². The van der Waals surface area contributed by atoms with Crippen LogP contribution in [0.5, 0.6) is 5.75 Å². The molecule has 0 amide bonds. The third-order valence-corrected chi connectivity index (χ3v) is 2.42. The Morgan fingerprint density at radius 3 is 2.88 bits per heavy atom. The molecule has 0 saturated carbocycles. The maximum Gasteiger partial charge on any atom is 0.139 e. The second-order valence-electron chi connectivity index (χ2n) is 3.44. The van der Waals surface area contributed by atoms with Gasteiger partial charge in [0.2, 0.25) is 0 Å². The van der Waals surface area contributed by atoms with Crippen molar-refractivity contribution in [3.8, 4) is 5.75 Å². The molecule has 0 saturated heterocycles. The molecule has 3 nitrogen and oxygen atoms in total. The van der Waals surface area contributed by atoms with E-state index in [4.69, 9.17) is 22.1 Å². The minimum absolute atomic E-state index is 0.0422. The third kappa shape index (κ3) is 2.85. The highest BCUT2D eigenvalue weighted by atomic mass is 35.5. The van der Waals surface area contributed by atoms with Gasteiger partial charge in [-0.3, -0.25) is 4.98 Å². The molecule has 1 aromatic heterocycles. The van der Waals surface area contributed by atoms with Crippen molar-refractivity contribution in [2.24, 2.45) is 0 Å². The molecule has 0 aliphatic heterocycles. The summed E-state index contributed by atoms with van der Waals surface area (Å²) in [5, 5.41) is 0.462. The van der Waals surface area contributed by atoms with Crippen LogP contribution in [-0.4, -0.2) is 4.98 Å². The predicted molar refractivity (Wildman–Crippen MR) is 64.4 cm³/mol. The van der Waals surface area contributed by atoms with Gasteiger partial charge in [-0.05, 0) is 12.1 Å². The summed E-state index contributed by atoms with van der Waals surface area (Å²) in [6, 6.07) is 6.12. The van der Waals surface area contributed by atoms with E-state index in [1.165, 1.54) is 18.5 Å². The number of halogens is 2. The quantitative estimate of drug-likeness (QED) is 0.854. The van der Waals surface area contributed by atoms with Gasteiger partial charge >= 0.3 is 0 Å². The molecule has 0 fully saturated rings. The first-order valence-electron chi connectivity index (χ1n) is 4.93. The van der Waals surface area contributed by atoms with E-state index in [9.17, 15) is 4.39 Å². The van der Waals surface area contributed by atoms with E-state index in [0.29, 0.717) is 22.0 Å². The molecule has 5 heteroatoms. The van der Waals surface area contributed by atoms with E-state index < -0.39 is 0 Å². The number of nitrogens with zero attached hydrogens (tertiary/aromatic N) is 1. The van der Waals surface area contributed by atoms with Crippen LogP contribution in [-0.2, 0) is 6.61 Å². The van der Waals surface area contributed by atoms with E-state index >= 15 is 0 Å². The van der Waals surface area contributed by atoms with Gasteiger partial charge in [0, 0.05) is 23.5 Å². The molecule has 1 heterocycles. The monoisotopic (exact) mass is 252 g/mol. The molecule has 0 atom stereocenters. The van der Waals surface area contributed by atoms with Gasteiger partial charge in [0.15, 0.2) is 0 Å². The largest absolute Gasteiger partial charge is 0.487 e. The van der Waals surface area contributed by atoms with Crippen LogP contribution in [0.2, 0.25) is 5.02 Å². The molecule has 2 N–H and O–H groups in total. The first kappa shape index (κ1) is 11.7. The summed E-state index contributed by atoms with van der Waals surface area (Å²) in [5.74, 6) is 0.0835. The standard InChI is InChI=1S/C12H10ClFN2O/c13-8-4-9(6-16-5-8)17-7-10-11(14)2-1-3-12(10)15/h1-6H,7,15H2. The Morgan fingerprint density at radius 2 is 2.18 bits per heavy atom. The number of nitrogen functional groups attached to an aromatic ring is 1. The molecule has 0 aliphatic carbocycles. The molecule has 0 spiro atoms. The van der Waals surface area contributed by atoms with Crippen molar-refractivity contribution in [3.63, 3.8) is 0 Å². The molecule has 88 valence electrons. The minimum Gasteiger partial charge on any atom is -0.487 e. The molecule has 17 heavy (non-hydrogen) atoms. The van der Waals surface area contributed by atoms with Crippen molar-refractivity contribution < 1.29 is 9.13 Å². The van der Waals surface area contributed by atoms with Crippen LogP contribution >= 0.6 is 11.6 Å². The second-order valence-corrected chi connectivity index (χ2v) is 3.87. The smallest absolute Gasteiger partial charge is 0.139 e. The van der Waals surface area contributed by atoms with E-state index in [-0.39, 0.29) is 12.4 Å². The van der Waals surface area contributed by atoms with Gasteiger partial charge in [0.05, 0.1) is 11.2 Å². The van der Waals surface area contributed by atoms with Crippen LogP contribution in [0.3, 0.4) is 0 Å². The molecule has 0 radical (unpaired) electrons. The van der Waals surface area contributed by atoms with Crippen molar-refractivity contribution in [2.75, 3.05) is 5.73 Å². The Kier molecular flexibility index (Phi) is 3.44. The van der Waals surface area contributed by atoms with Crippen LogP contribution in [0.4, 0.5) is 10.1 Å². The zero-order valence-electron chi connectivity index (χ0n) is 8.86. The van der Waals surface area contributed by atoms with E-state index in [1.807, 2.05) is 0 Å². The second kappa shape index (κ2) is 5.01. The van der Waals surface area contributed by atoms with Crippen LogP contribution in [0.25, 0.3) is 0 Å². The highest BCUT2D eigenvalue weighted by Crippen LogP contribution is 2.20. The number of hydrogen-bond acceptors (Lipinski definition) is 3. The SMILES string of the molecule is Nc1cccc(F)c1COc1cncc(Cl)c1. The summed E-state index contributed by atoms with van der Waals surface area (Å²) in [6.07, 6.45) is 2.99. The number of nitrogens with two attached hydrogens (primary N) is 1. The van der Waals surface area contributed by atoms with Crippen molar-refractivity contribution >= 4 is 17.3 Å². The number of rotatable bonds is 3. The highest BCUT2D eigenvalue weighted by Gasteiger charge is 2.07. The van der Waals surface area contributed by atoms with Crippen molar-refractivity contribution in [2.45, 2.75) is 6.61 Å². The zero-order chi connectivity index (χ0) is 12.3. The van der Waals surface area contributed by atoms with Crippen molar-refractivity contribution in [1.82, 2.24) is 4.98 Å². The Bertz CT molecular complexity index is 513. The number of benzene rings is 1. The lowest BCUT2D eigenvalue weighted by molar-refractivity contribution is 0.299. The number of pyridine rings is 1. The number of aromatic nitrogens is 1. The van der Waals surface area contributed by atoms with Crippen LogP contribution in [0.1, 0.15) is 5.56 Å². The highest BCUT2D eigenvalue weighted by molar-refractivity contribution is 6.30. The van der Waals surface area contributed by atoms with Gasteiger partial charge in [-0.1, -0.05) is 17.7 Å². The van der Waals surface area contributed by atoms with Crippen molar-refractivity contribution in [1.29, 1.82) is 0 Å². The maximum absolute atomic E-state index is 13.4. The molecule has 0 unspecified atom stereocenters. The average Bonchev–Trinajstić information content (AvgIpc) is 2.28. The first-order valence-corrected chi connectivity index (χ1v) is 5.31. The van der Waals surface area contributed by atoms with E-state index in [0.717, 1.165) is 0 Å². The van der Waals surface area contributed by atoms with Crippen molar-refractivity contribution in [3.05, 3.63) is 53.1 Å². The number of anilines is 1. The van der Waals surface area contributed by atoms with Crippen LogP contribution < -0.4 is 10.5 Å². The Morgan fingerprint density at radius 1 is 1.35 bits per heavy atom. The molecule has 2 rings (SSSR count). The van der Waals surface area contributed by atoms with Gasteiger partial charge in [-0.2, -0.15) is 0 Å². The summed E-state index contributed by atoms with van der Waals surface area (Å²) in [7, 11) is 0. The fourth-order valence-corrected chi connectivity index (χ4v) is 1.52. The molecular weight excluding hydrogens is 243 g/mol. The summed E-state index contributed by atoms with van der Waals surface area (Å²) in [6.45, 7) is 0.0422. The molecular formula is C12H10ClFN2O. The third-order valence-electron chi connectivity index (χ3n) is 2.22. The summed E-state index contributed by atoms with van der Waals surface area (Å²) >= 11 is 5.75. The Balaban J connectivity index is 2.13. The summed E-state index contributed by atoms with van der Waals surface area (Å²) < 4.78 is 18.8. The molecule has 1 aromatic carbocycles. The van der Waals surface area contributed by atoms with Gasteiger partial charge < -0.3 is 10.5 Å². The predicted octanol–water partition coefficient (Wildman–Crippen LogP) is 3.04. The average molecular weight is 253 g/mol. The normalized spacial score (nSPS) is 10.2. The summed E-state index contributed by atoms with van der Waals surface area (Å²) in [5.41, 5.74) is 6.34. The van der Waals surface area contributed by atoms with Crippen LogP contribution in [0, 0.1) is 5.82 Å². The molecule has 0 bridgehead atoms. The van der Waals surface area contributed by atoms with Gasteiger partial charge in [0.25, 0.3) is 0 Å². The van der Waals surface area contributed by atoms with Gasteiger partial charge in [-0.15, -0.1) is 0 Å². The Hall–Kier alpha value is -1.81. The number of hydrogen-bond donors (Lipinski definition) is 1. The maximum atomic E-state index is 13.4. The Labute approximate surface area is 103 Å². The first-order chi connectivity index (χ1) is 8.16. The lowest BCUT2D eigenvalue weighted by atomic mass is 10.2.